The highest BCUT2D eigenvalue weighted by atomic mass is 35.5. The van der Waals surface area contributed by atoms with Gasteiger partial charge in [-0.3, -0.25) is 0 Å². The van der Waals surface area contributed by atoms with Crippen LogP contribution in [-0.2, 0) is 0 Å². The van der Waals surface area contributed by atoms with Crippen molar-refractivity contribution in [1.29, 1.82) is 0 Å². The molecule has 0 bridgehead atoms. The van der Waals surface area contributed by atoms with Gasteiger partial charge in [-0.15, -0.1) is 0 Å². The van der Waals surface area contributed by atoms with Gasteiger partial charge in [0.15, 0.2) is 11.5 Å². The summed E-state index contributed by atoms with van der Waals surface area (Å²) in [4.78, 5) is 0. The quantitative estimate of drug-likeness (QED) is 0.852. The zero-order chi connectivity index (χ0) is 14.7. The summed E-state index contributed by atoms with van der Waals surface area (Å²) in [5.41, 5.74) is 0. The Morgan fingerprint density at radius 2 is 1.75 bits per heavy atom. The molecular formula is C13H8Cl2F2O3. The minimum Gasteiger partial charge on any atom is -0.504 e. The maximum atomic E-state index is 12.1. The van der Waals surface area contributed by atoms with Crippen molar-refractivity contribution in [2.75, 3.05) is 0 Å². The van der Waals surface area contributed by atoms with E-state index in [1.54, 1.807) is 0 Å². The first-order chi connectivity index (χ1) is 9.47. The van der Waals surface area contributed by atoms with Crippen molar-refractivity contribution >= 4 is 23.2 Å². The van der Waals surface area contributed by atoms with E-state index in [2.05, 4.69) is 4.74 Å². The first kappa shape index (κ1) is 14.7. The van der Waals surface area contributed by atoms with E-state index in [-0.39, 0.29) is 33.0 Å². The Hall–Kier alpha value is -1.72. The van der Waals surface area contributed by atoms with E-state index < -0.39 is 6.61 Å². The Balaban J connectivity index is 2.29. The lowest BCUT2D eigenvalue weighted by atomic mass is 10.3. The second-order valence-electron chi connectivity index (χ2n) is 3.67. The van der Waals surface area contributed by atoms with Gasteiger partial charge in [0.25, 0.3) is 0 Å². The van der Waals surface area contributed by atoms with Crippen molar-refractivity contribution in [2.24, 2.45) is 0 Å². The van der Waals surface area contributed by atoms with Crippen molar-refractivity contribution in [3.63, 3.8) is 0 Å². The molecule has 0 aliphatic rings. The molecule has 2 aromatic carbocycles. The van der Waals surface area contributed by atoms with Gasteiger partial charge >= 0.3 is 6.61 Å². The fourth-order valence-electron chi connectivity index (χ4n) is 1.45. The lowest BCUT2D eigenvalue weighted by Gasteiger charge is -2.11. The number of hydrogen-bond donors (Lipinski definition) is 1. The predicted molar refractivity (Wildman–Crippen MR) is 71.3 cm³/mol. The molecule has 0 amide bonds. The number of ether oxygens (including phenoxy) is 2. The van der Waals surface area contributed by atoms with E-state index in [0.29, 0.717) is 0 Å². The van der Waals surface area contributed by atoms with Gasteiger partial charge in [0.1, 0.15) is 16.5 Å². The molecule has 0 heterocycles. The van der Waals surface area contributed by atoms with Gasteiger partial charge < -0.3 is 14.6 Å². The molecule has 1 N–H and O–H groups in total. The molecule has 0 saturated carbocycles. The van der Waals surface area contributed by atoms with Gasteiger partial charge in [-0.1, -0.05) is 29.3 Å². The van der Waals surface area contributed by atoms with Crippen molar-refractivity contribution in [1.82, 2.24) is 0 Å². The number of hydrogen-bond acceptors (Lipinski definition) is 3. The van der Waals surface area contributed by atoms with Gasteiger partial charge in [0.05, 0.1) is 5.02 Å². The summed E-state index contributed by atoms with van der Waals surface area (Å²) in [6.07, 6.45) is 0. The van der Waals surface area contributed by atoms with Crippen LogP contribution < -0.4 is 9.47 Å². The zero-order valence-electron chi connectivity index (χ0n) is 9.82. The molecule has 0 atom stereocenters. The molecule has 0 spiro atoms. The second kappa shape index (κ2) is 6.15. The van der Waals surface area contributed by atoms with Crippen molar-refractivity contribution in [2.45, 2.75) is 6.61 Å². The molecule has 2 rings (SSSR count). The number of rotatable bonds is 4. The molecule has 7 heteroatoms. The van der Waals surface area contributed by atoms with Gasteiger partial charge in [0.2, 0.25) is 0 Å². The van der Waals surface area contributed by atoms with E-state index >= 15 is 0 Å². The minimum absolute atomic E-state index is 0.0202. The van der Waals surface area contributed by atoms with Gasteiger partial charge in [-0.2, -0.15) is 8.78 Å². The van der Waals surface area contributed by atoms with Crippen LogP contribution >= 0.6 is 23.2 Å². The molecule has 0 aromatic heterocycles. The molecule has 2 aromatic rings. The molecule has 0 unspecified atom stereocenters. The third-order valence-electron chi connectivity index (χ3n) is 2.28. The summed E-state index contributed by atoms with van der Waals surface area (Å²) in [7, 11) is 0. The maximum absolute atomic E-state index is 12.1. The summed E-state index contributed by atoms with van der Waals surface area (Å²) < 4.78 is 33.8. The summed E-state index contributed by atoms with van der Waals surface area (Å²) in [6, 6.07) is 8.25. The smallest absolute Gasteiger partial charge is 0.387 e. The lowest BCUT2D eigenvalue weighted by molar-refractivity contribution is -0.0499. The topological polar surface area (TPSA) is 38.7 Å². The van der Waals surface area contributed by atoms with Gasteiger partial charge in [-0.25, -0.2) is 0 Å². The fourth-order valence-corrected chi connectivity index (χ4v) is 1.80. The van der Waals surface area contributed by atoms with Crippen molar-refractivity contribution < 1.29 is 23.4 Å². The Morgan fingerprint density at radius 3 is 2.45 bits per heavy atom. The SMILES string of the molecule is Oc1ccc(Cl)c(Cl)c1Oc1cccc(OC(F)F)c1. The van der Waals surface area contributed by atoms with E-state index in [1.165, 1.54) is 36.4 Å². The molecule has 106 valence electrons. The Morgan fingerprint density at radius 1 is 1.05 bits per heavy atom. The monoisotopic (exact) mass is 320 g/mol. The van der Waals surface area contributed by atoms with Gasteiger partial charge in [-0.05, 0) is 24.3 Å². The highest BCUT2D eigenvalue weighted by Gasteiger charge is 2.13. The van der Waals surface area contributed by atoms with Crippen LogP contribution in [0.1, 0.15) is 0 Å². The average Bonchev–Trinajstić information content (AvgIpc) is 2.39. The second-order valence-corrected chi connectivity index (χ2v) is 4.45. The molecule has 3 nitrogen and oxygen atoms in total. The maximum Gasteiger partial charge on any atom is 0.387 e. The standard InChI is InChI=1S/C13H8Cl2F2O3/c14-9-4-5-10(18)12(11(9)15)19-7-2-1-3-8(6-7)20-13(16)17/h1-6,13,18H. The number of phenols is 1. The van der Waals surface area contributed by atoms with E-state index in [9.17, 15) is 13.9 Å². The fraction of sp³-hybridized carbons (Fsp3) is 0.0769. The first-order valence-corrected chi connectivity index (χ1v) is 6.12. The molecule has 0 saturated heterocycles. The van der Waals surface area contributed by atoms with Crippen LogP contribution in [0.25, 0.3) is 0 Å². The van der Waals surface area contributed by atoms with E-state index in [1.807, 2.05) is 0 Å². The molecule has 0 aliphatic carbocycles. The summed E-state index contributed by atoms with van der Waals surface area (Å²) in [6.45, 7) is -2.94. The lowest BCUT2D eigenvalue weighted by Crippen LogP contribution is -2.01. The number of benzene rings is 2. The van der Waals surface area contributed by atoms with Crippen molar-refractivity contribution in [3.8, 4) is 23.0 Å². The Kier molecular flexibility index (Phi) is 4.52. The highest BCUT2D eigenvalue weighted by Crippen LogP contribution is 2.42. The van der Waals surface area contributed by atoms with Crippen LogP contribution in [0.5, 0.6) is 23.0 Å². The Bertz CT molecular complexity index is 621. The van der Waals surface area contributed by atoms with Crippen LogP contribution in [0, 0.1) is 0 Å². The van der Waals surface area contributed by atoms with Crippen LogP contribution in [0.15, 0.2) is 36.4 Å². The summed E-state index contributed by atoms with van der Waals surface area (Å²) in [5, 5.41) is 9.89. The molecular weight excluding hydrogens is 313 g/mol. The predicted octanol–water partition coefficient (Wildman–Crippen LogP) is 5.09. The number of aromatic hydroxyl groups is 1. The van der Waals surface area contributed by atoms with Gasteiger partial charge in [0, 0.05) is 6.07 Å². The number of alkyl halides is 2. The largest absolute Gasteiger partial charge is 0.504 e. The van der Waals surface area contributed by atoms with Crippen LogP contribution in [0.2, 0.25) is 10.0 Å². The van der Waals surface area contributed by atoms with E-state index in [4.69, 9.17) is 27.9 Å². The molecule has 0 aliphatic heterocycles. The van der Waals surface area contributed by atoms with Crippen molar-refractivity contribution in [3.05, 3.63) is 46.4 Å². The molecule has 0 radical (unpaired) electrons. The molecule has 20 heavy (non-hydrogen) atoms. The minimum atomic E-state index is -2.94. The summed E-state index contributed by atoms with van der Waals surface area (Å²) >= 11 is 11.7. The van der Waals surface area contributed by atoms with E-state index in [0.717, 1.165) is 0 Å². The highest BCUT2D eigenvalue weighted by molar-refractivity contribution is 6.43. The van der Waals surface area contributed by atoms with Crippen LogP contribution in [0.3, 0.4) is 0 Å². The summed E-state index contributed by atoms with van der Waals surface area (Å²) in [5.74, 6) is -0.189. The number of phenolic OH excluding ortho intramolecular Hbond substituents is 1. The first-order valence-electron chi connectivity index (χ1n) is 5.37. The number of halogens is 4. The average molecular weight is 321 g/mol. The third-order valence-corrected chi connectivity index (χ3v) is 3.07. The normalized spacial score (nSPS) is 10.7. The zero-order valence-corrected chi connectivity index (χ0v) is 11.3. The van der Waals surface area contributed by atoms with Crippen LogP contribution in [0.4, 0.5) is 8.78 Å². The van der Waals surface area contributed by atoms with Crippen LogP contribution in [-0.4, -0.2) is 11.7 Å². The Labute approximate surface area is 123 Å². The third kappa shape index (κ3) is 3.43. The molecule has 0 fully saturated rings.